The largest absolute Gasteiger partial charge is 0.497 e. The summed E-state index contributed by atoms with van der Waals surface area (Å²) in [6.45, 7) is 4.67. The maximum Gasteiger partial charge on any atom is 0.251 e. The minimum Gasteiger partial charge on any atom is -0.497 e. The van der Waals surface area contributed by atoms with E-state index in [-0.39, 0.29) is 11.9 Å². The normalized spacial score (nSPS) is 12.1. The zero-order valence-electron chi connectivity index (χ0n) is 12.6. The van der Waals surface area contributed by atoms with Gasteiger partial charge in [0.15, 0.2) is 0 Å². The van der Waals surface area contributed by atoms with E-state index in [2.05, 4.69) is 19.2 Å². The van der Waals surface area contributed by atoms with Gasteiger partial charge in [0.2, 0.25) is 0 Å². The molecule has 1 unspecified atom stereocenters. The Morgan fingerprint density at radius 3 is 2.20 bits per heavy atom. The number of carbonyl (C=O) groups excluding carboxylic acids is 1. The van der Waals surface area contributed by atoms with Crippen LogP contribution in [0.2, 0.25) is 0 Å². The summed E-state index contributed by atoms with van der Waals surface area (Å²) < 4.78 is 10.3. The van der Waals surface area contributed by atoms with Crippen molar-refractivity contribution in [3.05, 3.63) is 23.8 Å². The molecule has 0 saturated heterocycles. The third kappa shape index (κ3) is 5.09. The molecule has 112 valence electrons. The molecule has 0 saturated carbocycles. The third-order valence-corrected chi connectivity index (χ3v) is 2.91. The average Bonchev–Trinajstić information content (AvgIpc) is 2.43. The molecule has 0 aromatic heterocycles. The number of hydrogen-bond acceptors (Lipinski definition) is 4. The van der Waals surface area contributed by atoms with Gasteiger partial charge in [0.1, 0.15) is 11.5 Å². The van der Waals surface area contributed by atoms with Crippen molar-refractivity contribution in [3.63, 3.8) is 0 Å². The summed E-state index contributed by atoms with van der Waals surface area (Å²) in [6.07, 6.45) is 0.877. The van der Waals surface area contributed by atoms with Crippen molar-refractivity contribution >= 4 is 5.91 Å². The van der Waals surface area contributed by atoms with Crippen LogP contribution in [0.1, 0.15) is 30.6 Å². The highest BCUT2D eigenvalue weighted by atomic mass is 16.5. The lowest BCUT2D eigenvalue weighted by Crippen LogP contribution is -2.38. The van der Waals surface area contributed by atoms with Gasteiger partial charge in [0.25, 0.3) is 5.91 Å². The van der Waals surface area contributed by atoms with Crippen molar-refractivity contribution in [2.75, 3.05) is 20.8 Å². The molecule has 0 fully saturated rings. The molecule has 1 aromatic rings. The van der Waals surface area contributed by atoms with Crippen molar-refractivity contribution in [2.45, 2.75) is 26.3 Å². The number of ether oxygens (including phenoxy) is 2. The van der Waals surface area contributed by atoms with Gasteiger partial charge in [0.05, 0.1) is 14.2 Å². The second-order valence-corrected chi connectivity index (χ2v) is 5.20. The van der Waals surface area contributed by atoms with E-state index in [1.54, 1.807) is 32.4 Å². The van der Waals surface area contributed by atoms with E-state index in [0.717, 1.165) is 6.42 Å². The zero-order valence-corrected chi connectivity index (χ0v) is 12.6. The van der Waals surface area contributed by atoms with Crippen molar-refractivity contribution in [1.29, 1.82) is 0 Å². The van der Waals surface area contributed by atoms with Gasteiger partial charge in [-0.25, -0.2) is 0 Å². The standard InChI is InChI=1S/C15H24N2O3/c1-10(2)5-12(16)9-17-15(18)11-6-13(19-3)8-14(7-11)20-4/h6-8,10,12H,5,9,16H2,1-4H3,(H,17,18). The first-order valence-electron chi connectivity index (χ1n) is 6.73. The second kappa shape index (κ2) is 7.75. The highest BCUT2D eigenvalue weighted by Gasteiger charge is 2.12. The highest BCUT2D eigenvalue weighted by Crippen LogP contribution is 2.22. The Hall–Kier alpha value is -1.75. The molecule has 1 atom stereocenters. The van der Waals surface area contributed by atoms with E-state index >= 15 is 0 Å². The first-order chi connectivity index (χ1) is 9.46. The van der Waals surface area contributed by atoms with E-state index in [9.17, 15) is 4.79 Å². The van der Waals surface area contributed by atoms with Crippen molar-refractivity contribution in [1.82, 2.24) is 5.32 Å². The topological polar surface area (TPSA) is 73.6 Å². The molecule has 1 aromatic carbocycles. The van der Waals surface area contributed by atoms with Crippen LogP contribution in [0.15, 0.2) is 18.2 Å². The molecule has 1 rings (SSSR count). The molecule has 0 spiro atoms. The zero-order chi connectivity index (χ0) is 15.1. The minimum atomic E-state index is -0.179. The lowest BCUT2D eigenvalue weighted by molar-refractivity contribution is 0.0949. The molecule has 3 N–H and O–H groups in total. The highest BCUT2D eigenvalue weighted by molar-refractivity contribution is 5.95. The van der Waals surface area contributed by atoms with Crippen LogP contribution in [0.5, 0.6) is 11.5 Å². The minimum absolute atomic E-state index is 0.0357. The lowest BCUT2D eigenvalue weighted by Gasteiger charge is -2.15. The van der Waals surface area contributed by atoms with Crippen LogP contribution in [-0.4, -0.2) is 32.7 Å². The predicted molar refractivity (Wildman–Crippen MR) is 79.3 cm³/mol. The first-order valence-corrected chi connectivity index (χ1v) is 6.73. The number of amides is 1. The van der Waals surface area contributed by atoms with Crippen molar-refractivity contribution < 1.29 is 14.3 Å². The Bertz CT molecular complexity index is 424. The molecule has 0 heterocycles. The Balaban J connectivity index is 2.67. The Morgan fingerprint density at radius 2 is 1.75 bits per heavy atom. The van der Waals surface area contributed by atoms with E-state index in [0.29, 0.717) is 29.5 Å². The van der Waals surface area contributed by atoms with E-state index in [4.69, 9.17) is 15.2 Å². The number of nitrogens with two attached hydrogens (primary N) is 1. The van der Waals surface area contributed by atoms with Gasteiger partial charge in [-0.2, -0.15) is 0 Å². The number of hydrogen-bond donors (Lipinski definition) is 2. The SMILES string of the molecule is COc1cc(OC)cc(C(=O)NCC(N)CC(C)C)c1. The fourth-order valence-electron chi connectivity index (χ4n) is 1.95. The molecule has 20 heavy (non-hydrogen) atoms. The Kier molecular flexibility index (Phi) is 6.31. The van der Waals surface area contributed by atoms with Crippen molar-refractivity contribution in [3.8, 4) is 11.5 Å². The molecule has 5 heteroatoms. The maximum atomic E-state index is 12.1. The van der Waals surface area contributed by atoms with Crippen LogP contribution in [0, 0.1) is 5.92 Å². The monoisotopic (exact) mass is 280 g/mol. The summed E-state index contributed by atoms with van der Waals surface area (Å²) in [7, 11) is 3.10. The molecule has 1 amide bonds. The van der Waals surface area contributed by atoms with Gasteiger partial charge < -0.3 is 20.5 Å². The van der Waals surface area contributed by atoms with Gasteiger partial charge in [-0.15, -0.1) is 0 Å². The van der Waals surface area contributed by atoms with Gasteiger partial charge in [-0.05, 0) is 24.5 Å². The Morgan fingerprint density at radius 1 is 1.20 bits per heavy atom. The van der Waals surface area contributed by atoms with E-state index in [1.165, 1.54) is 0 Å². The molecule has 0 aliphatic rings. The summed E-state index contributed by atoms with van der Waals surface area (Å²) in [6, 6.07) is 5.03. The molecule has 5 nitrogen and oxygen atoms in total. The van der Waals surface area contributed by atoms with Gasteiger partial charge in [-0.3, -0.25) is 4.79 Å². The number of benzene rings is 1. The van der Waals surface area contributed by atoms with E-state index in [1.807, 2.05) is 0 Å². The maximum absolute atomic E-state index is 12.1. The number of nitrogens with one attached hydrogen (secondary N) is 1. The summed E-state index contributed by atoms with van der Waals surface area (Å²) in [5.41, 5.74) is 6.45. The molecular weight excluding hydrogens is 256 g/mol. The fourth-order valence-corrected chi connectivity index (χ4v) is 1.95. The van der Waals surface area contributed by atoms with Gasteiger partial charge >= 0.3 is 0 Å². The van der Waals surface area contributed by atoms with Crippen LogP contribution in [0.25, 0.3) is 0 Å². The summed E-state index contributed by atoms with van der Waals surface area (Å²) in [4.78, 5) is 12.1. The summed E-state index contributed by atoms with van der Waals surface area (Å²) >= 11 is 0. The second-order valence-electron chi connectivity index (χ2n) is 5.20. The van der Waals surface area contributed by atoms with Crippen LogP contribution in [-0.2, 0) is 0 Å². The fraction of sp³-hybridized carbons (Fsp3) is 0.533. The molecule has 0 aliphatic carbocycles. The third-order valence-electron chi connectivity index (χ3n) is 2.91. The van der Waals surface area contributed by atoms with Crippen molar-refractivity contribution in [2.24, 2.45) is 11.7 Å². The van der Waals surface area contributed by atoms with E-state index < -0.39 is 0 Å². The van der Waals surface area contributed by atoms with Crippen LogP contribution in [0.4, 0.5) is 0 Å². The van der Waals surface area contributed by atoms with Crippen LogP contribution < -0.4 is 20.5 Å². The van der Waals surface area contributed by atoms with Gasteiger partial charge in [0, 0.05) is 24.2 Å². The molecular formula is C15H24N2O3. The molecule has 0 aliphatic heterocycles. The average molecular weight is 280 g/mol. The quantitative estimate of drug-likeness (QED) is 0.799. The lowest BCUT2D eigenvalue weighted by atomic mass is 10.0. The molecule has 0 radical (unpaired) electrons. The number of carbonyl (C=O) groups is 1. The Labute approximate surface area is 120 Å². The predicted octanol–water partition coefficient (Wildman–Crippen LogP) is 1.81. The summed E-state index contributed by atoms with van der Waals surface area (Å²) in [5.74, 6) is 1.50. The van der Waals surface area contributed by atoms with Crippen LogP contribution >= 0.6 is 0 Å². The first kappa shape index (κ1) is 16.3. The number of methoxy groups -OCH3 is 2. The number of rotatable bonds is 7. The van der Waals surface area contributed by atoms with Gasteiger partial charge in [-0.1, -0.05) is 13.8 Å². The summed E-state index contributed by atoms with van der Waals surface area (Å²) in [5, 5.41) is 2.83. The van der Waals surface area contributed by atoms with Crippen LogP contribution in [0.3, 0.4) is 0 Å². The molecule has 0 bridgehead atoms. The smallest absolute Gasteiger partial charge is 0.251 e.